The molecule has 3 atom stereocenters. The molecule has 4 aliphatic rings. The number of aryl methyl sites for hydroxylation is 1. The Hall–Kier alpha value is -1.07. The number of H-pyrrole nitrogens is 1. The van der Waals surface area contributed by atoms with E-state index < -0.39 is 0 Å². The zero-order valence-corrected chi connectivity index (χ0v) is 14.1. The molecule has 126 valence electrons. The highest BCUT2D eigenvalue weighted by molar-refractivity contribution is 5.39. The van der Waals surface area contributed by atoms with E-state index in [1.807, 2.05) is 0 Å². The Morgan fingerprint density at radius 2 is 2.13 bits per heavy atom. The van der Waals surface area contributed by atoms with E-state index in [4.69, 9.17) is 4.74 Å². The number of anilines is 1. The Balaban J connectivity index is 1.20. The minimum atomic E-state index is 0.512. The van der Waals surface area contributed by atoms with Crippen LogP contribution in [0.15, 0.2) is 6.07 Å². The number of aromatic amines is 1. The number of aromatic nitrogens is 2. The molecular formula is C18H28N4O. The predicted molar refractivity (Wildman–Crippen MR) is 89.6 cm³/mol. The second-order valence-corrected chi connectivity index (χ2v) is 8.15. The maximum Gasteiger partial charge on any atom is 0.150 e. The summed E-state index contributed by atoms with van der Waals surface area (Å²) in [5.41, 5.74) is 1.66. The SMILES string of the molecule is Cc1cc(N2CCC(NC3C4CCOC4C34CCC4)CC2)n[nH]1. The maximum atomic E-state index is 6.05. The van der Waals surface area contributed by atoms with E-state index in [0.717, 1.165) is 43.2 Å². The Morgan fingerprint density at radius 1 is 1.30 bits per heavy atom. The molecule has 5 nitrogen and oxygen atoms in total. The highest BCUT2D eigenvalue weighted by Gasteiger charge is 2.66. The van der Waals surface area contributed by atoms with Crippen molar-refractivity contribution in [3.63, 3.8) is 0 Å². The molecule has 2 saturated carbocycles. The molecule has 1 aromatic rings. The number of rotatable bonds is 3. The summed E-state index contributed by atoms with van der Waals surface area (Å²) >= 11 is 0. The molecule has 0 aromatic carbocycles. The van der Waals surface area contributed by atoms with Gasteiger partial charge >= 0.3 is 0 Å². The van der Waals surface area contributed by atoms with Crippen molar-refractivity contribution in [3.05, 3.63) is 11.8 Å². The summed E-state index contributed by atoms with van der Waals surface area (Å²) in [5.74, 6) is 1.91. The van der Waals surface area contributed by atoms with Crippen LogP contribution in [0.4, 0.5) is 5.82 Å². The van der Waals surface area contributed by atoms with Crippen LogP contribution in [0.25, 0.3) is 0 Å². The normalized spacial score (nSPS) is 35.9. The lowest BCUT2D eigenvalue weighted by Gasteiger charge is -2.64. The molecule has 0 bridgehead atoms. The van der Waals surface area contributed by atoms with Gasteiger partial charge in [0.2, 0.25) is 0 Å². The fraction of sp³-hybridized carbons (Fsp3) is 0.833. The van der Waals surface area contributed by atoms with Gasteiger partial charge in [-0.05, 0) is 39.0 Å². The first-order valence-corrected chi connectivity index (χ1v) is 9.41. The van der Waals surface area contributed by atoms with Crippen LogP contribution >= 0.6 is 0 Å². The lowest BCUT2D eigenvalue weighted by atomic mass is 9.46. The van der Waals surface area contributed by atoms with Crippen LogP contribution in [-0.2, 0) is 4.74 Å². The van der Waals surface area contributed by atoms with E-state index in [2.05, 4.69) is 33.4 Å². The third-order valence-corrected chi connectivity index (χ3v) is 6.96. The minimum absolute atomic E-state index is 0.512. The minimum Gasteiger partial charge on any atom is -0.377 e. The van der Waals surface area contributed by atoms with Gasteiger partial charge in [-0.15, -0.1) is 0 Å². The van der Waals surface area contributed by atoms with Crippen LogP contribution in [0.5, 0.6) is 0 Å². The number of nitrogens with one attached hydrogen (secondary N) is 2. The van der Waals surface area contributed by atoms with Gasteiger partial charge in [0.15, 0.2) is 5.82 Å². The molecule has 0 amide bonds. The van der Waals surface area contributed by atoms with Gasteiger partial charge in [0.25, 0.3) is 0 Å². The molecule has 3 heterocycles. The van der Waals surface area contributed by atoms with E-state index in [9.17, 15) is 0 Å². The Bertz CT molecular complexity index is 573. The van der Waals surface area contributed by atoms with Crippen LogP contribution in [0.2, 0.25) is 0 Å². The van der Waals surface area contributed by atoms with Gasteiger partial charge in [0.1, 0.15) is 0 Å². The molecule has 5 rings (SSSR count). The molecular weight excluding hydrogens is 288 g/mol. The lowest BCUT2D eigenvalue weighted by Crippen LogP contribution is -2.72. The lowest BCUT2D eigenvalue weighted by molar-refractivity contribution is -0.178. The molecule has 23 heavy (non-hydrogen) atoms. The summed E-state index contributed by atoms with van der Waals surface area (Å²) in [6, 6.07) is 3.56. The van der Waals surface area contributed by atoms with E-state index in [1.54, 1.807) is 0 Å². The van der Waals surface area contributed by atoms with Crippen molar-refractivity contribution in [2.45, 2.75) is 63.6 Å². The summed E-state index contributed by atoms with van der Waals surface area (Å²) in [6.45, 7) is 5.30. The van der Waals surface area contributed by atoms with Crippen molar-refractivity contribution < 1.29 is 4.74 Å². The summed E-state index contributed by atoms with van der Waals surface area (Å²) < 4.78 is 6.05. The van der Waals surface area contributed by atoms with E-state index in [0.29, 0.717) is 17.6 Å². The summed E-state index contributed by atoms with van der Waals surface area (Å²) in [6.07, 6.45) is 8.50. The number of ether oxygens (including phenoxy) is 1. The van der Waals surface area contributed by atoms with Gasteiger partial charge in [0, 0.05) is 54.9 Å². The summed E-state index contributed by atoms with van der Waals surface area (Å²) in [5, 5.41) is 11.5. The number of hydrogen-bond acceptors (Lipinski definition) is 4. The van der Waals surface area contributed by atoms with E-state index in [1.165, 1.54) is 38.5 Å². The summed E-state index contributed by atoms with van der Waals surface area (Å²) in [4.78, 5) is 2.42. The number of fused-ring (bicyclic) bond motifs is 2. The topological polar surface area (TPSA) is 53.2 Å². The molecule has 2 saturated heterocycles. The second kappa shape index (κ2) is 5.21. The third kappa shape index (κ3) is 2.09. The fourth-order valence-corrected chi connectivity index (χ4v) is 5.59. The zero-order valence-electron chi connectivity index (χ0n) is 14.1. The van der Waals surface area contributed by atoms with Gasteiger partial charge in [-0.1, -0.05) is 6.42 Å². The molecule has 1 aromatic heterocycles. The number of nitrogens with zero attached hydrogens (tertiary/aromatic N) is 2. The van der Waals surface area contributed by atoms with Crippen LogP contribution in [0, 0.1) is 18.3 Å². The van der Waals surface area contributed by atoms with Crippen molar-refractivity contribution >= 4 is 5.82 Å². The first-order valence-electron chi connectivity index (χ1n) is 9.41. The molecule has 2 aliphatic heterocycles. The van der Waals surface area contributed by atoms with Crippen LogP contribution in [0.3, 0.4) is 0 Å². The first-order chi connectivity index (χ1) is 11.3. The molecule has 4 fully saturated rings. The predicted octanol–water partition coefficient (Wildman–Crippen LogP) is 2.23. The standard InChI is InChI=1S/C18H28N4O/c1-12-11-15(21-20-12)22-8-3-13(4-9-22)19-16-14-5-10-23-17(14)18(16)6-2-7-18/h11,13-14,16-17,19H,2-10H2,1H3,(H,20,21). The molecule has 3 unspecified atom stereocenters. The van der Waals surface area contributed by atoms with E-state index >= 15 is 0 Å². The van der Waals surface area contributed by atoms with Crippen LogP contribution in [-0.4, -0.2) is 48.1 Å². The zero-order chi connectivity index (χ0) is 15.4. The largest absolute Gasteiger partial charge is 0.377 e. The number of piperidine rings is 1. The Kier molecular flexibility index (Phi) is 3.24. The van der Waals surface area contributed by atoms with Gasteiger partial charge in [-0.2, -0.15) is 5.10 Å². The van der Waals surface area contributed by atoms with Crippen molar-refractivity contribution in [1.82, 2.24) is 15.5 Å². The number of hydrogen-bond donors (Lipinski definition) is 2. The fourth-order valence-electron chi connectivity index (χ4n) is 5.59. The van der Waals surface area contributed by atoms with Gasteiger partial charge in [-0.25, -0.2) is 0 Å². The van der Waals surface area contributed by atoms with Crippen molar-refractivity contribution in [3.8, 4) is 0 Å². The molecule has 5 heteroatoms. The van der Waals surface area contributed by atoms with Gasteiger partial charge in [-0.3, -0.25) is 5.10 Å². The van der Waals surface area contributed by atoms with Crippen LogP contribution < -0.4 is 10.2 Å². The monoisotopic (exact) mass is 316 g/mol. The van der Waals surface area contributed by atoms with E-state index in [-0.39, 0.29) is 0 Å². The third-order valence-electron chi connectivity index (χ3n) is 6.96. The highest BCUT2D eigenvalue weighted by Crippen LogP contribution is 2.62. The van der Waals surface area contributed by atoms with Gasteiger partial charge in [0.05, 0.1) is 6.10 Å². The van der Waals surface area contributed by atoms with Crippen molar-refractivity contribution in [2.75, 3.05) is 24.6 Å². The summed E-state index contributed by atoms with van der Waals surface area (Å²) in [7, 11) is 0. The molecule has 2 aliphatic carbocycles. The average Bonchev–Trinajstić information content (AvgIpc) is 3.12. The molecule has 1 spiro atoms. The van der Waals surface area contributed by atoms with Crippen molar-refractivity contribution in [1.29, 1.82) is 0 Å². The highest BCUT2D eigenvalue weighted by atomic mass is 16.5. The Labute approximate surface area is 138 Å². The van der Waals surface area contributed by atoms with Crippen molar-refractivity contribution in [2.24, 2.45) is 11.3 Å². The maximum absolute atomic E-state index is 6.05. The van der Waals surface area contributed by atoms with Gasteiger partial charge < -0.3 is 15.0 Å². The van der Waals surface area contributed by atoms with Crippen LogP contribution in [0.1, 0.15) is 44.2 Å². The molecule has 0 radical (unpaired) electrons. The second-order valence-electron chi connectivity index (χ2n) is 8.15. The smallest absolute Gasteiger partial charge is 0.150 e. The average molecular weight is 316 g/mol. The molecule has 2 N–H and O–H groups in total. The first kappa shape index (κ1) is 14.3. The quantitative estimate of drug-likeness (QED) is 0.898. The Morgan fingerprint density at radius 3 is 2.78 bits per heavy atom.